The first kappa shape index (κ1) is 27.0. The summed E-state index contributed by atoms with van der Waals surface area (Å²) >= 11 is 0. The van der Waals surface area contributed by atoms with Gasteiger partial charge in [0.25, 0.3) is 0 Å². The largest absolute Gasteiger partial charge is 0.497 e. The maximum Gasteiger partial charge on any atom is 0.427 e. The van der Waals surface area contributed by atoms with Crippen LogP contribution in [0.3, 0.4) is 0 Å². The molecule has 39 heavy (non-hydrogen) atoms. The van der Waals surface area contributed by atoms with Crippen molar-refractivity contribution in [3.63, 3.8) is 0 Å². The molecule has 1 saturated heterocycles. The van der Waals surface area contributed by atoms with Crippen LogP contribution in [0.5, 0.6) is 5.75 Å². The minimum atomic E-state index is -4.76. The highest BCUT2D eigenvalue weighted by molar-refractivity contribution is 5.68. The number of rotatable bonds is 7. The minimum absolute atomic E-state index is 0.0577. The van der Waals surface area contributed by atoms with Gasteiger partial charge < -0.3 is 19.1 Å². The minimum Gasteiger partial charge on any atom is -0.497 e. The topological polar surface area (TPSA) is 65.8 Å². The van der Waals surface area contributed by atoms with Crippen LogP contribution in [0.15, 0.2) is 48.5 Å². The third-order valence-corrected chi connectivity index (χ3v) is 7.20. The van der Waals surface area contributed by atoms with Crippen LogP contribution in [0.4, 0.5) is 22.4 Å². The molecule has 208 valence electrons. The zero-order chi connectivity index (χ0) is 27.6. The van der Waals surface area contributed by atoms with Gasteiger partial charge in [-0.15, -0.1) is 0 Å². The molecule has 0 aliphatic carbocycles. The third-order valence-electron chi connectivity index (χ3n) is 7.20. The lowest BCUT2D eigenvalue weighted by atomic mass is 9.93. The molecule has 0 saturated carbocycles. The lowest BCUT2D eigenvalue weighted by Crippen LogP contribution is -2.44. The second-order valence-electron chi connectivity index (χ2n) is 9.78. The summed E-state index contributed by atoms with van der Waals surface area (Å²) in [6.45, 7) is -0.355. The second kappa shape index (κ2) is 11.3. The zero-order valence-electron chi connectivity index (χ0n) is 21.4. The fraction of sp³-hybridized carbons (Fsp3) is 0.429. The molecule has 1 fully saturated rings. The molecular weight excluding hydrogens is 518 g/mol. The van der Waals surface area contributed by atoms with Crippen LogP contribution in [-0.4, -0.2) is 59.9 Å². The molecule has 1 atom stereocenters. The van der Waals surface area contributed by atoms with E-state index in [4.69, 9.17) is 19.3 Å². The molecule has 7 nitrogen and oxygen atoms in total. The highest BCUT2D eigenvalue weighted by Gasteiger charge is 2.44. The van der Waals surface area contributed by atoms with Crippen molar-refractivity contribution in [3.05, 3.63) is 76.9 Å². The van der Waals surface area contributed by atoms with Crippen molar-refractivity contribution in [2.45, 2.75) is 50.5 Å². The summed E-state index contributed by atoms with van der Waals surface area (Å²) in [4.78, 5) is 13.9. The van der Waals surface area contributed by atoms with Gasteiger partial charge >= 0.3 is 12.3 Å². The summed E-state index contributed by atoms with van der Waals surface area (Å²) < 4.78 is 71.3. The number of halogens is 4. The fourth-order valence-electron chi connectivity index (χ4n) is 5.01. The Labute approximate surface area is 223 Å². The first-order valence-corrected chi connectivity index (χ1v) is 12.8. The van der Waals surface area contributed by atoms with E-state index in [-0.39, 0.29) is 31.4 Å². The Kier molecular flexibility index (Phi) is 7.79. The van der Waals surface area contributed by atoms with E-state index in [1.54, 1.807) is 30.3 Å². The summed E-state index contributed by atoms with van der Waals surface area (Å²) in [7, 11) is 1.52. The summed E-state index contributed by atoms with van der Waals surface area (Å²) in [6.07, 6.45) is -5.57. The van der Waals surface area contributed by atoms with Gasteiger partial charge in [-0.25, -0.2) is 13.9 Å². The van der Waals surface area contributed by atoms with Gasteiger partial charge in [0.05, 0.1) is 31.7 Å². The van der Waals surface area contributed by atoms with E-state index in [2.05, 4.69) is 0 Å². The Balaban J connectivity index is 1.15. The molecule has 2 aliphatic rings. The molecule has 3 aromatic rings. The van der Waals surface area contributed by atoms with E-state index in [0.717, 1.165) is 35.5 Å². The smallest absolute Gasteiger partial charge is 0.427 e. The number of fused-ring (bicyclic) bond motifs is 3. The summed E-state index contributed by atoms with van der Waals surface area (Å²) in [5.74, 6) is 0.404. The van der Waals surface area contributed by atoms with Crippen LogP contribution >= 0.6 is 0 Å². The van der Waals surface area contributed by atoms with Gasteiger partial charge in [-0.1, -0.05) is 12.1 Å². The number of amides is 1. The summed E-state index contributed by atoms with van der Waals surface area (Å²) in [6, 6.07) is 13.4. The molecule has 1 aromatic heterocycles. The molecule has 11 heteroatoms. The number of benzene rings is 2. The molecule has 2 aromatic carbocycles. The number of ether oxygens (including phenoxy) is 3. The number of nitrogens with zero attached hydrogens (tertiary/aromatic N) is 3. The lowest BCUT2D eigenvalue weighted by molar-refractivity contribution is -0.220. The SMILES string of the molecule is COc1ccc(COCC(OC(=O)N2CCC(c3cc4n(n3)-c3ccc(F)cc3CC4)CC2)C(F)(F)F)cc1. The van der Waals surface area contributed by atoms with Crippen molar-refractivity contribution in [2.24, 2.45) is 0 Å². The van der Waals surface area contributed by atoms with Crippen molar-refractivity contribution in [1.29, 1.82) is 0 Å². The number of likely N-dealkylation sites (tertiary alicyclic amines) is 1. The van der Waals surface area contributed by atoms with Crippen LogP contribution in [0.25, 0.3) is 5.69 Å². The van der Waals surface area contributed by atoms with E-state index in [0.29, 0.717) is 24.2 Å². The van der Waals surface area contributed by atoms with Crippen molar-refractivity contribution >= 4 is 6.09 Å². The number of hydrogen-bond donors (Lipinski definition) is 0. The van der Waals surface area contributed by atoms with Crippen molar-refractivity contribution in [1.82, 2.24) is 14.7 Å². The van der Waals surface area contributed by atoms with Crippen LogP contribution < -0.4 is 4.74 Å². The molecular formula is C28H29F4N3O4. The van der Waals surface area contributed by atoms with E-state index in [1.165, 1.54) is 24.1 Å². The lowest BCUT2D eigenvalue weighted by Gasteiger charge is -2.32. The maximum absolute atomic E-state index is 13.6. The highest BCUT2D eigenvalue weighted by atomic mass is 19.4. The van der Waals surface area contributed by atoms with Crippen molar-refractivity contribution in [2.75, 3.05) is 26.8 Å². The molecule has 0 radical (unpaired) electrons. The number of hydrogen-bond acceptors (Lipinski definition) is 5. The summed E-state index contributed by atoms with van der Waals surface area (Å²) in [5.41, 5.74) is 4.34. The monoisotopic (exact) mass is 547 g/mol. The quantitative estimate of drug-likeness (QED) is 0.362. The van der Waals surface area contributed by atoms with Crippen LogP contribution in [0, 0.1) is 5.82 Å². The molecule has 0 bridgehead atoms. The van der Waals surface area contributed by atoms with Crippen molar-refractivity contribution in [3.8, 4) is 11.4 Å². The number of aromatic nitrogens is 2. The van der Waals surface area contributed by atoms with Gasteiger partial charge in [0.2, 0.25) is 6.10 Å². The maximum atomic E-state index is 13.6. The second-order valence-corrected chi connectivity index (χ2v) is 9.78. The number of alkyl halides is 3. The predicted octanol–water partition coefficient (Wildman–Crippen LogP) is 5.58. The Morgan fingerprint density at radius 1 is 1.08 bits per heavy atom. The Hall–Kier alpha value is -3.60. The third kappa shape index (κ3) is 6.19. The van der Waals surface area contributed by atoms with Crippen molar-refractivity contribution < 1.29 is 36.6 Å². The predicted molar refractivity (Wildman–Crippen MR) is 133 cm³/mol. The Morgan fingerprint density at radius 3 is 2.51 bits per heavy atom. The standard InChI is InChI=1S/C28H29F4N3O4/c1-37-23-7-2-18(3-8-23)16-38-17-26(28(30,31)32)39-27(36)34-12-10-19(11-13-34)24-15-22-6-4-20-14-21(29)5-9-25(20)35(22)33-24/h2-3,5,7-9,14-15,19,26H,4,6,10-13,16-17H2,1H3. The van der Waals surface area contributed by atoms with Gasteiger partial charge in [0.1, 0.15) is 11.6 Å². The molecule has 0 N–H and O–H groups in total. The molecule has 2 aliphatic heterocycles. The van der Waals surface area contributed by atoms with Crippen LogP contribution in [-0.2, 0) is 28.9 Å². The van der Waals surface area contributed by atoms with E-state index in [9.17, 15) is 22.4 Å². The van der Waals surface area contributed by atoms with Gasteiger partial charge in [0.15, 0.2) is 0 Å². The van der Waals surface area contributed by atoms with E-state index >= 15 is 0 Å². The van der Waals surface area contributed by atoms with Gasteiger partial charge in [-0.3, -0.25) is 0 Å². The van der Waals surface area contributed by atoms with Gasteiger partial charge in [0, 0.05) is 24.7 Å². The number of aryl methyl sites for hydroxylation is 2. The van der Waals surface area contributed by atoms with Crippen LogP contribution in [0.1, 0.15) is 41.3 Å². The summed E-state index contributed by atoms with van der Waals surface area (Å²) in [5, 5.41) is 4.75. The molecule has 5 rings (SSSR count). The Bertz CT molecular complexity index is 1300. The molecule has 3 heterocycles. The number of carbonyl (C=O) groups is 1. The van der Waals surface area contributed by atoms with Crippen LogP contribution in [0.2, 0.25) is 0 Å². The number of piperidine rings is 1. The fourth-order valence-corrected chi connectivity index (χ4v) is 5.01. The van der Waals surface area contributed by atoms with Gasteiger partial charge in [-0.2, -0.15) is 18.3 Å². The first-order valence-electron chi connectivity index (χ1n) is 12.8. The average molecular weight is 548 g/mol. The highest BCUT2D eigenvalue weighted by Crippen LogP contribution is 2.32. The molecule has 1 amide bonds. The van der Waals surface area contributed by atoms with E-state index < -0.39 is 25.0 Å². The first-order chi connectivity index (χ1) is 18.7. The van der Waals surface area contributed by atoms with Gasteiger partial charge in [-0.05, 0) is 73.2 Å². The normalized spacial score (nSPS) is 16.4. The Morgan fingerprint density at radius 2 is 1.82 bits per heavy atom. The molecule has 1 unspecified atom stereocenters. The average Bonchev–Trinajstić information content (AvgIpc) is 3.37. The molecule has 0 spiro atoms. The number of carbonyl (C=O) groups excluding carboxylic acids is 1. The number of methoxy groups -OCH3 is 1. The van der Waals surface area contributed by atoms with E-state index in [1.807, 2.05) is 10.7 Å². The zero-order valence-corrected chi connectivity index (χ0v) is 21.4.